The summed E-state index contributed by atoms with van der Waals surface area (Å²) >= 11 is 4.53. The summed E-state index contributed by atoms with van der Waals surface area (Å²) in [5, 5.41) is 0.215. The van der Waals surface area contributed by atoms with Crippen molar-refractivity contribution >= 4 is 56.4 Å². The highest BCUT2D eigenvalue weighted by atomic mass is 79.9. The molecule has 0 saturated carbocycles. The summed E-state index contributed by atoms with van der Waals surface area (Å²) in [7, 11) is 0. The minimum atomic E-state index is -0.437. The summed E-state index contributed by atoms with van der Waals surface area (Å²) in [5.74, 6) is -0.0213. The molecule has 0 spiro atoms. The molecule has 1 fully saturated rings. The molecule has 2 aliphatic rings. The van der Waals surface area contributed by atoms with Crippen molar-refractivity contribution in [3.05, 3.63) is 57.2 Å². The fraction of sp³-hybridized carbons (Fsp3) is 0.105. The Morgan fingerprint density at radius 3 is 2.61 bits per heavy atom. The zero-order valence-corrected chi connectivity index (χ0v) is 16.8. The number of amidine groups is 1. The van der Waals surface area contributed by atoms with Crippen molar-refractivity contribution in [2.45, 2.75) is 6.92 Å². The predicted octanol–water partition coefficient (Wildman–Crippen LogP) is 4.34. The smallest absolute Gasteiger partial charge is 0.271 e. The van der Waals surface area contributed by atoms with Gasteiger partial charge in [-0.25, -0.2) is 4.39 Å². The van der Waals surface area contributed by atoms with Gasteiger partial charge in [0.2, 0.25) is 12.7 Å². The lowest BCUT2D eigenvalue weighted by atomic mass is 10.2. The summed E-state index contributed by atoms with van der Waals surface area (Å²) in [4.78, 5) is 30.1. The van der Waals surface area contributed by atoms with E-state index >= 15 is 0 Å². The Kier molecular flexibility index (Phi) is 4.94. The number of fused-ring (bicyclic) bond motifs is 1. The molecule has 2 aromatic carbocycles. The number of hydrogen-bond donors (Lipinski definition) is 0. The van der Waals surface area contributed by atoms with Gasteiger partial charge in [-0.3, -0.25) is 14.5 Å². The van der Waals surface area contributed by atoms with Crippen molar-refractivity contribution in [1.29, 1.82) is 0 Å². The van der Waals surface area contributed by atoms with Crippen molar-refractivity contribution in [2.75, 3.05) is 11.7 Å². The van der Waals surface area contributed by atoms with Crippen LogP contribution in [0.3, 0.4) is 0 Å². The van der Waals surface area contributed by atoms with E-state index in [1.165, 1.54) is 36.1 Å². The average Bonchev–Trinajstić information content (AvgIpc) is 3.20. The van der Waals surface area contributed by atoms with E-state index in [9.17, 15) is 14.0 Å². The van der Waals surface area contributed by atoms with E-state index in [4.69, 9.17) is 9.47 Å². The molecule has 0 aliphatic carbocycles. The number of nitrogens with zero attached hydrogens (tertiary/aromatic N) is 2. The molecule has 6 nitrogen and oxygen atoms in total. The second-order valence-corrected chi connectivity index (χ2v) is 7.73. The third-order valence-corrected chi connectivity index (χ3v) is 5.58. The van der Waals surface area contributed by atoms with Gasteiger partial charge in [-0.2, -0.15) is 4.99 Å². The van der Waals surface area contributed by atoms with E-state index in [0.717, 1.165) is 16.2 Å². The molecule has 2 aromatic rings. The van der Waals surface area contributed by atoms with Crippen LogP contribution in [0.25, 0.3) is 6.08 Å². The maximum atomic E-state index is 13.3. The molecule has 9 heteroatoms. The van der Waals surface area contributed by atoms with Crippen molar-refractivity contribution in [1.82, 2.24) is 0 Å². The van der Waals surface area contributed by atoms with Gasteiger partial charge in [0.1, 0.15) is 5.82 Å². The number of carbonyl (C=O) groups is 2. The van der Waals surface area contributed by atoms with E-state index in [2.05, 4.69) is 20.9 Å². The molecule has 2 amide bonds. The van der Waals surface area contributed by atoms with E-state index in [1.807, 2.05) is 0 Å². The van der Waals surface area contributed by atoms with E-state index in [1.54, 1.807) is 18.2 Å². The van der Waals surface area contributed by atoms with Crippen LogP contribution in [0.4, 0.5) is 10.1 Å². The summed E-state index contributed by atoms with van der Waals surface area (Å²) < 4.78 is 24.7. The summed E-state index contributed by atoms with van der Waals surface area (Å²) in [6, 6.07) is 8.94. The Hall–Kier alpha value is -2.65. The predicted molar refractivity (Wildman–Crippen MR) is 108 cm³/mol. The first-order valence-electron chi connectivity index (χ1n) is 8.10. The van der Waals surface area contributed by atoms with Crippen molar-refractivity contribution in [3.63, 3.8) is 0 Å². The average molecular weight is 463 g/mol. The van der Waals surface area contributed by atoms with Crippen LogP contribution in [0.2, 0.25) is 0 Å². The maximum Gasteiger partial charge on any atom is 0.271 e. The first-order valence-corrected chi connectivity index (χ1v) is 9.71. The van der Waals surface area contributed by atoms with Crippen molar-refractivity contribution in [2.24, 2.45) is 4.99 Å². The summed E-state index contributed by atoms with van der Waals surface area (Å²) in [6.45, 7) is 1.44. The number of aliphatic imine (C=N–C) groups is 1. The molecule has 1 saturated heterocycles. The molecular weight excluding hydrogens is 451 g/mol. The number of hydrogen-bond acceptors (Lipinski definition) is 5. The van der Waals surface area contributed by atoms with Crippen LogP contribution in [0.15, 0.2) is 50.8 Å². The van der Waals surface area contributed by atoms with Crippen molar-refractivity contribution in [3.8, 4) is 11.5 Å². The molecule has 0 atom stereocenters. The zero-order chi connectivity index (χ0) is 19.8. The molecule has 0 unspecified atom stereocenters. The quantitative estimate of drug-likeness (QED) is 0.620. The third-order valence-electron chi connectivity index (χ3n) is 3.92. The molecule has 2 heterocycles. The topological polar surface area (TPSA) is 68.2 Å². The van der Waals surface area contributed by atoms with Crippen LogP contribution >= 0.6 is 27.7 Å². The van der Waals surface area contributed by atoms with Gasteiger partial charge in [0.25, 0.3) is 5.91 Å². The Morgan fingerprint density at radius 2 is 1.93 bits per heavy atom. The molecule has 0 N–H and O–H groups in total. The van der Waals surface area contributed by atoms with Crippen LogP contribution in [-0.2, 0) is 9.59 Å². The highest BCUT2D eigenvalue weighted by molar-refractivity contribution is 9.10. The maximum absolute atomic E-state index is 13.3. The Morgan fingerprint density at radius 1 is 1.25 bits per heavy atom. The molecular formula is C19H12BrFN2O4S. The Bertz CT molecular complexity index is 1050. The number of carbonyl (C=O) groups excluding carboxylic acids is 2. The highest BCUT2D eigenvalue weighted by Crippen LogP contribution is 2.41. The first kappa shape index (κ1) is 18.7. The number of ether oxygens (including phenoxy) is 2. The van der Waals surface area contributed by atoms with Crippen LogP contribution < -0.4 is 14.4 Å². The van der Waals surface area contributed by atoms with E-state index < -0.39 is 11.7 Å². The fourth-order valence-corrected chi connectivity index (χ4v) is 4.14. The summed E-state index contributed by atoms with van der Waals surface area (Å²) in [6.07, 6.45) is 1.68. The minimum absolute atomic E-state index is 0.142. The SMILES string of the molecule is CC(=O)N=C1SC(=Cc2cc3c(cc2Br)OCO3)C(=O)N1c1ccc(F)cc1. The third kappa shape index (κ3) is 3.55. The van der Waals surface area contributed by atoms with Crippen molar-refractivity contribution < 1.29 is 23.5 Å². The van der Waals surface area contributed by atoms with Crippen LogP contribution in [-0.4, -0.2) is 23.8 Å². The second-order valence-electron chi connectivity index (χ2n) is 5.87. The lowest BCUT2D eigenvalue weighted by molar-refractivity contribution is -0.115. The number of amides is 2. The second kappa shape index (κ2) is 7.40. The minimum Gasteiger partial charge on any atom is -0.454 e. The number of benzene rings is 2. The lowest BCUT2D eigenvalue weighted by Crippen LogP contribution is -2.29. The molecule has 28 heavy (non-hydrogen) atoms. The van der Waals surface area contributed by atoms with E-state index in [0.29, 0.717) is 27.7 Å². The number of rotatable bonds is 2. The van der Waals surface area contributed by atoms with Gasteiger partial charge in [-0.1, -0.05) is 15.9 Å². The van der Waals surface area contributed by atoms with Crippen LogP contribution in [0, 0.1) is 5.82 Å². The normalized spacial score (nSPS) is 18.4. The highest BCUT2D eigenvalue weighted by Gasteiger charge is 2.35. The summed E-state index contributed by atoms with van der Waals surface area (Å²) in [5.41, 5.74) is 1.13. The molecule has 0 bridgehead atoms. The molecule has 4 rings (SSSR count). The van der Waals surface area contributed by atoms with Gasteiger partial charge in [0, 0.05) is 11.4 Å². The number of anilines is 1. The fourth-order valence-electron chi connectivity index (χ4n) is 2.69. The van der Waals surface area contributed by atoms with Crippen LogP contribution in [0.5, 0.6) is 11.5 Å². The molecule has 0 radical (unpaired) electrons. The monoisotopic (exact) mass is 462 g/mol. The molecule has 142 valence electrons. The van der Waals surface area contributed by atoms with Gasteiger partial charge in [-0.05, 0) is 59.8 Å². The standard InChI is InChI=1S/C19H12BrFN2O4S/c1-10(24)22-19-23(13-4-2-12(21)3-5-13)18(25)17(28-19)7-11-6-15-16(8-14(11)20)27-9-26-15/h2-8H,9H2,1H3. The van der Waals surface area contributed by atoms with Crippen LogP contribution in [0.1, 0.15) is 12.5 Å². The Balaban J connectivity index is 1.75. The molecule has 2 aliphatic heterocycles. The van der Waals surface area contributed by atoms with Gasteiger partial charge in [-0.15, -0.1) is 0 Å². The Labute approximate surface area is 172 Å². The van der Waals surface area contributed by atoms with E-state index in [-0.39, 0.29) is 17.9 Å². The largest absolute Gasteiger partial charge is 0.454 e. The zero-order valence-electron chi connectivity index (χ0n) is 14.4. The lowest BCUT2D eigenvalue weighted by Gasteiger charge is -2.15. The number of thioether (sulfide) groups is 1. The van der Waals surface area contributed by atoms with Gasteiger partial charge >= 0.3 is 0 Å². The van der Waals surface area contributed by atoms with Gasteiger partial charge in [0.15, 0.2) is 16.7 Å². The molecule has 0 aromatic heterocycles. The van der Waals surface area contributed by atoms with Gasteiger partial charge < -0.3 is 9.47 Å². The first-order chi connectivity index (χ1) is 13.4. The van der Waals surface area contributed by atoms with Gasteiger partial charge in [0.05, 0.1) is 10.6 Å². The number of halogens is 2.